The number of hydrogen-bond donors (Lipinski definition) is 5. The quantitative estimate of drug-likeness (QED) is 0.516. The third kappa shape index (κ3) is 4.28. The van der Waals surface area contributed by atoms with Crippen LogP contribution >= 0.6 is 0 Å². The Morgan fingerprint density at radius 3 is 2.70 bits per heavy atom. The second-order valence-electron chi connectivity index (χ2n) is 6.83. The van der Waals surface area contributed by atoms with Crippen LogP contribution in [0.3, 0.4) is 0 Å². The van der Waals surface area contributed by atoms with E-state index in [2.05, 4.69) is 27.0 Å². The molecule has 1 aliphatic carbocycles. The highest BCUT2D eigenvalue weighted by Crippen LogP contribution is 2.30. The van der Waals surface area contributed by atoms with Gasteiger partial charge in [0, 0.05) is 34.7 Å². The molecule has 2 atom stereocenters. The molecule has 0 bridgehead atoms. The van der Waals surface area contributed by atoms with E-state index in [1.165, 1.54) is 23.1 Å². The molecule has 2 aromatic rings. The third-order valence-electron chi connectivity index (χ3n) is 5.12. The highest BCUT2D eigenvalue weighted by atomic mass is 16.4. The molecule has 1 aliphatic heterocycles. The van der Waals surface area contributed by atoms with Crippen molar-refractivity contribution in [2.75, 3.05) is 12.4 Å². The molecule has 1 aromatic heterocycles. The van der Waals surface area contributed by atoms with Crippen molar-refractivity contribution in [2.24, 2.45) is 0 Å². The van der Waals surface area contributed by atoms with E-state index in [9.17, 15) is 14.4 Å². The van der Waals surface area contributed by atoms with Crippen LogP contribution in [0, 0.1) is 0 Å². The summed E-state index contributed by atoms with van der Waals surface area (Å²) in [5.74, 6) is -1.11. The van der Waals surface area contributed by atoms with Gasteiger partial charge < -0.3 is 26.0 Å². The Balaban J connectivity index is 0.000000197. The summed E-state index contributed by atoms with van der Waals surface area (Å²) in [7, 11) is 2.02. The van der Waals surface area contributed by atoms with Crippen molar-refractivity contribution >= 4 is 34.9 Å². The minimum atomic E-state index is -0.944. The van der Waals surface area contributed by atoms with E-state index in [4.69, 9.17) is 5.11 Å². The lowest BCUT2D eigenvalue weighted by molar-refractivity contribution is -0.140. The maximum absolute atomic E-state index is 10.5. The van der Waals surface area contributed by atoms with Gasteiger partial charge in [-0.05, 0) is 56.5 Å². The van der Waals surface area contributed by atoms with Gasteiger partial charge in [-0.15, -0.1) is 0 Å². The lowest BCUT2D eigenvalue weighted by atomic mass is 9.91. The number of aromatic amines is 1. The van der Waals surface area contributed by atoms with Crippen LogP contribution in [-0.2, 0) is 27.2 Å². The van der Waals surface area contributed by atoms with Crippen molar-refractivity contribution in [1.82, 2.24) is 15.6 Å². The lowest BCUT2D eigenvalue weighted by Crippen LogP contribution is -2.32. The Morgan fingerprint density at radius 2 is 2.11 bits per heavy atom. The van der Waals surface area contributed by atoms with E-state index in [0.29, 0.717) is 18.9 Å². The zero-order valence-corrected chi connectivity index (χ0v) is 15.2. The van der Waals surface area contributed by atoms with Crippen LogP contribution in [0.5, 0.6) is 0 Å². The van der Waals surface area contributed by atoms with E-state index < -0.39 is 12.0 Å². The molecule has 0 spiro atoms. The Hall–Kier alpha value is -2.87. The first-order valence-electron chi connectivity index (χ1n) is 9.05. The summed E-state index contributed by atoms with van der Waals surface area (Å²) in [6, 6.07) is 5.93. The molecule has 2 aliphatic rings. The molecule has 5 N–H and O–H groups in total. The highest BCUT2D eigenvalue weighted by molar-refractivity contribution is 5.90. The van der Waals surface area contributed by atoms with E-state index >= 15 is 0 Å². The van der Waals surface area contributed by atoms with Gasteiger partial charge in [-0.3, -0.25) is 9.59 Å². The van der Waals surface area contributed by atoms with Crippen LogP contribution in [0.4, 0.5) is 5.69 Å². The minimum absolute atomic E-state index is 0.164. The highest BCUT2D eigenvalue weighted by Gasteiger charge is 2.26. The fourth-order valence-corrected chi connectivity index (χ4v) is 3.62. The molecule has 4 rings (SSSR count). The largest absolute Gasteiger partial charge is 0.480 e. The number of carboxylic acid groups (broad SMARTS) is 1. The maximum atomic E-state index is 10.5. The number of hydrogen-bond acceptors (Lipinski definition) is 4. The van der Waals surface area contributed by atoms with E-state index in [1.54, 1.807) is 0 Å². The summed E-state index contributed by atoms with van der Waals surface area (Å²) in [4.78, 5) is 34.5. The molecule has 0 saturated carbocycles. The summed E-state index contributed by atoms with van der Waals surface area (Å²) < 4.78 is 0. The molecule has 0 radical (unpaired) electrons. The minimum Gasteiger partial charge on any atom is -0.480 e. The van der Waals surface area contributed by atoms with Gasteiger partial charge in [0.25, 0.3) is 0 Å². The average molecular weight is 372 g/mol. The molecule has 8 nitrogen and oxygen atoms in total. The van der Waals surface area contributed by atoms with Crippen LogP contribution in [-0.4, -0.2) is 47.5 Å². The predicted octanol–water partition coefficient (Wildman–Crippen LogP) is 1.16. The zero-order chi connectivity index (χ0) is 19.4. The first-order valence-corrected chi connectivity index (χ1v) is 9.05. The molecule has 1 fully saturated rings. The average Bonchev–Trinajstić information content (AvgIpc) is 3.25. The molecular formula is C19H24N4O4. The summed E-state index contributed by atoms with van der Waals surface area (Å²) in [6.45, 7) is 0. The summed E-state index contributed by atoms with van der Waals surface area (Å²) >= 11 is 0. The second-order valence-corrected chi connectivity index (χ2v) is 6.83. The van der Waals surface area contributed by atoms with Crippen molar-refractivity contribution in [2.45, 2.75) is 44.2 Å². The Kier molecular flexibility index (Phi) is 5.75. The predicted molar refractivity (Wildman–Crippen MR) is 102 cm³/mol. The van der Waals surface area contributed by atoms with Gasteiger partial charge in [0.15, 0.2) is 0 Å². The molecule has 1 unspecified atom stereocenters. The SMILES string of the molecule is CNC1CCc2[nH]c3ccc(NC=O)cc3c2C1.O=C1CC[C@H](C(=O)O)N1. The topological polar surface area (TPSA) is 123 Å². The fourth-order valence-electron chi connectivity index (χ4n) is 3.62. The Bertz CT molecular complexity index is 861. The smallest absolute Gasteiger partial charge is 0.326 e. The summed E-state index contributed by atoms with van der Waals surface area (Å²) in [5.41, 5.74) is 4.75. The molecule has 2 heterocycles. The molecule has 8 heteroatoms. The maximum Gasteiger partial charge on any atom is 0.326 e. The number of aliphatic carboxylic acids is 1. The number of carbonyl (C=O) groups is 3. The summed E-state index contributed by atoms with van der Waals surface area (Å²) in [5, 5.41) is 17.9. The molecule has 2 amide bonds. The first-order chi connectivity index (χ1) is 13.0. The van der Waals surface area contributed by atoms with Gasteiger partial charge in [0.2, 0.25) is 12.3 Å². The molecule has 27 heavy (non-hydrogen) atoms. The number of H-pyrrole nitrogens is 1. The molecule has 1 saturated heterocycles. The third-order valence-corrected chi connectivity index (χ3v) is 5.12. The zero-order valence-electron chi connectivity index (χ0n) is 15.2. The monoisotopic (exact) mass is 372 g/mol. The van der Waals surface area contributed by atoms with Crippen molar-refractivity contribution in [3.8, 4) is 0 Å². The number of rotatable bonds is 4. The van der Waals surface area contributed by atoms with E-state index in [0.717, 1.165) is 30.5 Å². The molecular weight excluding hydrogens is 348 g/mol. The number of carbonyl (C=O) groups excluding carboxylic acids is 2. The number of aryl methyl sites for hydroxylation is 1. The number of fused-ring (bicyclic) bond motifs is 3. The van der Waals surface area contributed by atoms with Gasteiger partial charge in [-0.1, -0.05) is 0 Å². The lowest BCUT2D eigenvalue weighted by Gasteiger charge is -2.21. The number of aromatic nitrogens is 1. The number of benzene rings is 1. The number of carboxylic acids is 1. The van der Waals surface area contributed by atoms with Crippen molar-refractivity contribution < 1.29 is 19.5 Å². The van der Waals surface area contributed by atoms with Gasteiger partial charge in [-0.25, -0.2) is 4.79 Å². The fraction of sp³-hybridized carbons (Fsp3) is 0.421. The number of likely N-dealkylation sites (N-methyl/N-ethyl adjacent to an activating group) is 1. The van der Waals surface area contributed by atoms with Crippen LogP contribution < -0.4 is 16.0 Å². The number of nitrogens with one attached hydrogen (secondary N) is 4. The number of amides is 2. The van der Waals surface area contributed by atoms with E-state index in [-0.39, 0.29) is 5.91 Å². The standard InChI is InChI=1S/C14H17N3O.C5H7NO3/c1-15-9-2-4-13-11(6-9)12-7-10(16-8-18)3-5-14(12)17-13;7-4-2-1-3(6-4)5(8)9/h3,5,7-9,15,17H,2,4,6H2,1H3,(H,16,18);3H,1-2H2,(H,6,7)(H,8,9)/t;3-/m.1/s1. The second kappa shape index (κ2) is 8.22. The first kappa shape index (κ1) is 18.9. The Morgan fingerprint density at radius 1 is 1.30 bits per heavy atom. The van der Waals surface area contributed by atoms with Gasteiger partial charge in [0.05, 0.1) is 0 Å². The van der Waals surface area contributed by atoms with E-state index in [1.807, 2.05) is 19.2 Å². The van der Waals surface area contributed by atoms with Crippen LogP contribution in [0.2, 0.25) is 0 Å². The van der Waals surface area contributed by atoms with Gasteiger partial charge >= 0.3 is 5.97 Å². The van der Waals surface area contributed by atoms with Crippen molar-refractivity contribution in [1.29, 1.82) is 0 Å². The number of anilines is 1. The van der Waals surface area contributed by atoms with Gasteiger partial charge in [0.1, 0.15) is 6.04 Å². The molecule has 144 valence electrons. The van der Waals surface area contributed by atoms with Crippen molar-refractivity contribution in [3.05, 3.63) is 29.5 Å². The van der Waals surface area contributed by atoms with Crippen LogP contribution in [0.25, 0.3) is 10.9 Å². The molecule has 1 aromatic carbocycles. The normalized spacial score (nSPS) is 21.0. The van der Waals surface area contributed by atoms with Crippen LogP contribution in [0.15, 0.2) is 18.2 Å². The summed E-state index contributed by atoms with van der Waals surface area (Å²) in [6.07, 6.45) is 4.81. The van der Waals surface area contributed by atoms with Gasteiger partial charge in [-0.2, -0.15) is 0 Å². The van der Waals surface area contributed by atoms with Crippen LogP contribution in [0.1, 0.15) is 30.5 Å². The Labute approximate surface area is 156 Å². The van der Waals surface area contributed by atoms with Crippen molar-refractivity contribution in [3.63, 3.8) is 0 Å².